The first-order valence-corrected chi connectivity index (χ1v) is 5.60. The largest absolute Gasteiger partial charge is 0.495 e. The van der Waals surface area contributed by atoms with Gasteiger partial charge in [-0.25, -0.2) is 4.98 Å². The Labute approximate surface area is 106 Å². The highest BCUT2D eigenvalue weighted by atomic mass is 16.5. The van der Waals surface area contributed by atoms with Gasteiger partial charge in [0.15, 0.2) is 0 Å². The first-order chi connectivity index (χ1) is 8.67. The van der Waals surface area contributed by atoms with Gasteiger partial charge in [-0.2, -0.15) is 0 Å². The number of nitrogen functional groups attached to an aromatic ring is 1. The molecule has 0 saturated heterocycles. The molecule has 1 heterocycles. The van der Waals surface area contributed by atoms with Crippen molar-refractivity contribution >= 4 is 5.69 Å². The van der Waals surface area contributed by atoms with Crippen molar-refractivity contribution in [3.8, 4) is 17.0 Å². The fraction of sp³-hybridized carbons (Fsp3) is 0.308. The van der Waals surface area contributed by atoms with E-state index in [2.05, 4.69) is 4.98 Å². The van der Waals surface area contributed by atoms with Crippen molar-refractivity contribution < 1.29 is 9.47 Å². The molecule has 96 valence electrons. The Balaban J connectivity index is 2.42. The average molecular weight is 247 g/mol. The Bertz CT molecular complexity index is 549. The molecule has 0 atom stereocenters. The Hall–Kier alpha value is -2.01. The lowest BCUT2D eigenvalue weighted by atomic mass is 10.1. The van der Waals surface area contributed by atoms with Crippen LogP contribution in [0, 0.1) is 0 Å². The number of hydrogen-bond acceptors (Lipinski definition) is 4. The Morgan fingerprint density at radius 1 is 1.33 bits per heavy atom. The highest BCUT2D eigenvalue weighted by molar-refractivity contribution is 5.67. The summed E-state index contributed by atoms with van der Waals surface area (Å²) in [4.78, 5) is 4.33. The van der Waals surface area contributed by atoms with Crippen molar-refractivity contribution in [1.82, 2.24) is 9.55 Å². The minimum absolute atomic E-state index is 0.489. The Morgan fingerprint density at radius 3 is 2.78 bits per heavy atom. The molecule has 0 fully saturated rings. The molecule has 1 aromatic carbocycles. The lowest BCUT2D eigenvalue weighted by Crippen LogP contribution is -2.01. The summed E-state index contributed by atoms with van der Waals surface area (Å²) in [5.74, 6) is 1.55. The van der Waals surface area contributed by atoms with Crippen LogP contribution in [0.3, 0.4) is 0 Å². The monoisotopic (exact) mass is 247 g/mol. The lowest BCUT2D eigenvalue weighted by Gasteiger charge is -2.09. The van der Waals surface area contributed by atoms with E-state index in [1.54, 1.807) is 14.2 Å². The molecule has 2 rings (SSSR count). The Morgan fingerprint density at radius 2 is 2.11 bits per heavy atom. The second-order valence-electron chi connectivity index (χ2n) is 4.01. The number of benzene rings is 1. The molecule has 5 nitrogen and oxygen atoms in total. The van der Waals surface area contributed by atoms with Gasteiger partial charge in [-0.15, -0.1) is 0 Å². The van der Waals surface area contributed by atoms with Gasteiger partial charge in [0.2, 0.25) is 0 Å². The molecule has 0 radical (unpaired) electrons. The van der Waals surface area contributed by atoms with Crippen LogP contribution in [0.1, 0.15) is 5.82 Å². The predicted molar refractivity (Wildman–Crippen MR) is 70.3 cm³/mol. The lowest BCUT2D eigenvalue weighted by molar-refractivity contribution is 0.175. The highest BCUT2D eigenvalue weighted by Gasteiger charge is 2.10. The van der Waals surface area contributed by atoms with Crippen LogP contribution in [-0.2, 0) is 18.4 Å². The fourth-order valence-electron chi connectivity index (χ4n) is 1.85. The van der Waals surface area contributed by atoms with Gasteiger partial charge >= 0.3 is 0 Å². The van der Waals surface area contributed by atoms with Gasteiger partial charge in [-0.1, -0.05) is 6.07 Å². The third kappa shape index (κ3) is 2.17. The third-order valence-corrected chi connectivity index (χ3v) is 2.89. The van der Waals surface area contributed by atoms with Crippen molar-refractivity contribution in [2.75, 3.05) is 20.0 Å². The summed E-state index contributed by atoms with van der Waals surface area (Å²) in [6.45, 7) is 0.489. The van der Waals surface area contributed by atoms with Crippen LogP contribution >= 0.6 is 0 Å². The summed E-state index contributed by atoms with van der Waals surface area (Å²) in [5, 5.41) is 0. The first kappa shape index (κ1) is 12.4. The van der Waals surface area contributed by atoms with Crippen LogP contribution in [0.2, 0.25) is 0 Å². The maximum absolute atomic E-state index is 5.80. The van der Waals surface area contributed by atoms with E-state index in [-0.39, 0.29) is 0 Å². The van der Waals surface area contributed by atoms with E-state index in [9.17, 15) is 0 Å². The SMILES string of the molecule is COCc1ncc(-c2ccc(N)c(OC)c2)n1C. The molecule has 2 N–H and O–H groups in total. The molecule has 18 heavy (non-hydrogen) atoms. The number of nitrogens with zero attached hydrogens (tertiary/aromatic N) is 2. The molecule has 0 spiro atoms. The summed E-state index contributed by atoms with van der Waals surface area (Å²) in [7, 11) is 5.22. The van der Waals surface area contributed by atoms with Crippen molar-refractivity contribution in [1.29, 1.82) is 0 Å². The number of methoxy groups -OCH3 is 2. The molecule has 0 aliphatic rings. The van der Waals surface area contributed by atoms with E-state index >= 15 is 0 Å². The summed E-state index contributed by atoms with van der Waals surface area (Å²) in [6.07, 6.45) is 1.82. The molecule has 0 aliphatic carbocycles. The quantitative estimate of drug-likeness (QED) is 0.837. The zero-order valence-corrected chi connectivity index (χ0v) is 10.8. The minimum atomic E-state index is 0.489. The van der Waals surface area contributed by atoms with Crippen molar-refractivity contribution in [2.45, 2.75) is 6.61 Å². The third-order valence-electron chi connectivity index (χ3n) is 2.89. The van der Waals surface area contributed by atoms with Gasteiger partial charge in [0.1, 0.15) is 18.2 Å². The molecule has 0 unspecified atom stereocenters. The van der Waals surface area contributed by atoms with Gasteiger partial charge in [0.05, 0.1) is 24.7 Å². The van der Waals surface area contributed by atoms with Gasteiger partial charge in [0.25, 0.3) is 0 Å². The van der Waals surface area contributed by atoms with Crippen LogP contribution in [0.4, 0.5) is 5.69 Å². The maximum atomic E-state index is 5.80. The van der Waals surface area contributed by atoms with Gasteiger partial charge in [0, 0.05) is 19.7 Å². The van der Waals surface area contributed by atoms with Crippen LogP contribution in [0.5, 0.6) is 5.75 Å². The molecular formula is C13H17N3O2. The maximum Gasteiger partial charge on any atom is 0.142 e. The molecular weight excluding hydrogens is 230 g/mol. The van der Waals surface area contributed by atoms with E-state index in [0.29, 0.717) is 18.0 Å². The van der Waals surface area contributed by atoms with E-state index in [0.717, 1.165) is 17.1 Å². The zero-order chi connectivity index (χ0) is 13.1. The molecule has 0 saturated carbocycles. The summed E-state index contributed by atoms with van der Waals surface area (Å²) >= 11 is 0. The van der Waals surface area contributed by atoms with Crippen molar-refractivity contribution in [2.24, 2.45) is 7.05 Å². The van der Waals surface area contributed by atoms with Crippen molar-refractivity contribution in [3.63, 3.8) is 0 Å². The highest BCUT2D eigenvalue weighted by Crippen LogP contribution is 2.28. The standard InChI is InChI=1S/C13H17N3O2/c1-16-11(7-15-13(16)8-17-2)9-4-5-10(14)12(6-9)18-3/h4-7H,8,14H2,1-3H3. The predicted octanol–water partition coefficient (Wildman–Crippen LogP) is 1.82. The number of anilines is 1. The number of hydrogen-bond donors (Lipinski definition) is 1. The van der Waals surface area contributed by atoms with Crippen LogP contribution in [0.15, 0.2) is 24.4 Å². The molecule has 1 aromatic heterocycles. The number of ether oxygens (including phenoxy) is 2. The second-order valence-corrected chi connectivity index (χ2v) is 4.01. The number of aromatic nitrogens is 2. The summed E-state index contributed by atoms with van der Waals surface area (Å²) in [6, 6.07) is 5.69. The van der Waals surface area contributed by atoms with Crippen LogP contribution in [0.25, 0.3) is 11.3 Å². The molecule has 0 bridgehead atoms. The fourth-order valence-corrected chi connectivity index (χ4v) is 1.85. The molecule has 0 amide bonds. The van der Waals surface area contributed by atoms with Gasteiger partial charge in [-0.05, 0) is 12.1 Å². The van der Waals surface area contributed by atoms with Crippen LogP contribution < -0.4 is 10.5 Å². The van der Waals surface area contributed by atoms with E-state index in [4.69, 9.17) is 15.2 Å². The van der Waals surface area contributed by atoms with E-state index < -0.39 is 0 Å². The van der Waals surface area contributed by atoms with Gasteiger partial charge < -0.3 is 19.8 Å². The first-order valence-electron chi connectivity index (χ1n) is 5.60. The topological polar surface area (TPSA) is 62.3 Å². The normalized spacial score (nSPS) is 10.6. The number of nitrogens with two attached hydrogens (primary N) is 1. The van der Waals surface area contributed by atoms with Gasteiger partial charge in [-0.3, -0.25) is 0 Å². The van der Waals surface area contributed by atoms with E-state index in [1.807, 2.05) is 36.0 Å². The van der Waals surface area contributed by atoms with Crippen LogP contribution in [-0.4, -0.2) is 23.8 Å². The molecule has 2 aromatic rings. The smallest absolute Gasteiger partial charge is 0.142 e. The van der Waals surface area contributed by atoms with E-state index in [1.165, 1.54) is 0 Å². The number of imidazole rings is 1. The number of rotatable bonds is 4. The minimum Gasteiger partial charge on any atom is -0.495 e. The molecule has 5 heteroatoms. The van der Waals surface area contributed by atoms with Crippen molar-refractivity contribution in [3.05, 3.63) is 30.2 Å². The second kappa shape index (κ2) is 5.10. The Kier molecular flexibility index (Phi) is 3.53. The summed E-state index contributed by atoms with van der Waals surface area (Å²) < 4.78 is 12.3. The zero-order valence-electron chi connectivity index (χ0n) is 10.8. The average Bonchev–Trinajstić information content (AvgIpc) is 2.73. The molecule has 0 aliphatic heterocycles. The summed E-state index contributed by atoms with van der Waals surface area (Å²) in [5.41, 5.74) is 8.44.